The van der Waals surface area contributed by atoms with Gasteiger partial charge in [-0.15, -0.1) is 12.4 Å². The van der Waals surface area contributed by atoms with E-state index in [0.29, 0.717) is 50.5 Å². The molecule has 0 bridgehead atoms. The average Bonchev–Trinajstić information content (AvgIpc) is 2.97. The van der Waals surface area contributed by atoms with Gasteiger partial charge in [0.05, 0.1) is 17.4 Å². The molecule has 1 fully saturated rings. The fourth-order valence-corrected chi connectivity index (χ4v) is 5.34. The number of likely N-dealkylation sites (N-methyl/N-ethyl adjacent to an activating group) is 1. The highest BCUT2D eigenvalue weighted by atomic mass is 35.5. The number of ether oxygens (including phenoxy) is 1. The topological polar surface area (TPSA) is 68.3 Å². The molecular formula is C27H36ClFN4O3. The Balaban J connectivity index is 0.00000304. The first-order valence-corrected chi connectivity index (χ1v) is 12.6. The van der Waals surface area contributed by atoms with Gasteiger partial charge in [0.1, 0.15) is 18.0 Å². The molecule has 7 nitrogen and oxygen atoms in total. The van der Waals surface area contributed by atoms with Gasteiger partial charge < -0.3 is 25.0 Å². The van der Waals surface area contributed by atoms with Gasteiger partial charge in [-0.2, -0.15) is 0 Å². The third kappa shape index (κ3) is 5.94. The second-order valence-electron chi connectivity index (χ2n) is 9.92. The van der Waals surface area contributed by atoms with Crippen LogP contribution in [0.25, 0.3) is 0 Å². The predicted molar refractivity (Wildman–Crippen MR) is 141 cm³/mol. The Morgan fingerprint density at radius 3 is 2.75 bits per heavy atom. The lowest BCUT2D eigenvalue weighted by atomic mass is 10.00. The first kappa shape index (κ1) is 26.7. The number of anilines is 1. The number of alkyl halides is 1. The summed E-state index contributed by atoms with van der Waals surface area (Å²) in [4.78, 5) is 19.4. The van der Waals surface area contributed by atoms with Gasteiger partial charge in [-0.1, -0.05) is 24.3 Å². The van der Waals surface area contributed by atoms with E-state index in [9.17, 15) is 14.3 Å². The van der Waals surface area contributed by atoms with Crippen LogP contribution in [0.15, 0.2) is 42.5 Å². The molecule has 3 heterocycles. The Hall–Kier alpha value is -2.39. The van der Waals surface area contributed by atoms with Crippen molar-refractivity contribution in [2.24, 2.45) is 0 Å². The molecule has 0 aliphatic carbocycles. The highest BCUT2D eigenvalue weighted by Crippen LogP contribution is 2.30. The van der Waals surface area contributed by atoms with Crippen molar-refractivity contribution >= 4 is 24.0 Å². The van der Waals surface area contributed by atoms with Crippen molar-refractivity contribution in [2.75, 3.05) is 57.8 Å². The summed E-state index contributed by atoms with van der Waals surface area (Å²) in [6.45, 7) is 4.77. The van der Waals surface area contributed by atoms with Gasteiger partial charge in [0.15, 0.2) is 0 Å². The number of nitrogens with one attached hydrogen (secondary N) is 1. The quantitative estimate of drug-likeness (QED) is 0.612. The SMILES string of the molecule is CN1CCN(CC(O)CN2CCc3ccccc3C2)C(=O)c2ccc(OC3CCNCC3F)cc21.Cl. The molecule has 36 heavy (non-hydrogen) atoms. The van der Waals surface area contributed by atoms with E-state index >= 15 is 0 Å². The van der Waals surface area contributed by atoms with Crippen LogP contribution in [-0.4, -0.2) is 92.1 Å². The molecule has 0 aromatic heterocycles. The lowest BCUT2D eigenvalue weighted by Crippen LogP contribution is -2.44. The van der Waals surface area contributed by atoms with Crippen LogP contribution in [0.5, 0.6) is 5.75 Å². The molecule has 2 aromatic carbocycles. The zero-order chi connectivity index (χ0) is 24.4. The Morgan fingerprint density at radius 1 is 1.14 bits per heavy atom. The Kier molecular flexibility index (Phi) is 8.72. The van der Waals surface area contributed by atoms with E-state index in [0.717, 1.165) is 31.7 Å². The maximum absolute atomic E-state index is 14.2. The standard InChI is InChI=1S/C27H35FN4O3.ClH/c1-30-12-13-32(18-21(33)17-31-11-9-19-4-2-3-5-20(19)16-31)27(34)23-7-6-22(14-25(23)30)35-26-8-10-29-15-24(26)28;/h2-7,14,21,24,26,29,33H,8-13,15-18H2,1H3;1H. The molecule has 9 heteroatoms. The molecule has 3 aliphatic rings. The van der Waals surface area contributed by atoms with Crippen molar-refractivity contribution in [2.45, 2.75) is 37.8 Å². The molecule has 3 aliphatic heterocycles. The van der Waals surface area contributed by atoms with E-state index in [1.165, 1.54) is 11.1 Å². The Morgan fingerprint density at radius 2 is 1.94 bits per heavy atom. The smallest absolute Gasteiger partial charge is 0.256 e. The van der Waals surface area contributed by atoms with Crippen molar-refractivity contribution in [1.82, 2.24) is 15.1 Å². The van der Waals surface area contributed by atoms with Gasteiger partial charge in [0.2, 0.25) is 0 Å². The number of halogens is 2. The van der Waals surface area contributed by atoms with Crippen molar-refractivity contribution in [1.29, 1.82) is 0 Å². The van der Waals surface area contributed by atoms with E-state index < -0.39 is 18.4 Å². The van der Waals surface area contributed by atoms with Crippen molar-refractivity contribution in [3.63, 3.8) is 0 Å². The number of benzene rings is 2. The summed E-state index contributed by atoms with van der Waals surface area (Å²) in [7, 11) is 1.95. The van der Waals surface area contributed by atoms with E-state index in [1.807, 2.05) is 18.0 Å². The summed E-state index contributed by atoms with van der Waals surface area (Å²) in [5.41, 5.74) is 4.06. The lowest BCUT2D eigenvalue weighted by molar-refractivity contribution is 0.0521. The number of fused-ring (bicyclic) bond motifs is 2. The maximum atomic E-state index is 14.2. The highest BCUT2D eigenvalue weighted by molar-refractivity contribution is 6.00. The minimum Gasteiger partial charge on any atom is -0.487 e. The van der Waals surface area contributed by atoms with E-state index in [2.05, 4.69) is 34.5 Å². The van der Waals surface area contributed by atoms with Gasteiger partial charge >= 0.3 is 0 Å². The van der Waals surface area contributed by atoms with Crippen molar-refractivity contribution < 1.29 is 19.0 Å². The average molecular weight is 519 g/mol. The Labute approximate surface area is 218 Å². The van der Waals surface area contributed by atoms with Gasteiger partial charge in [-0.05, 0) is 42.6 Å². The molecule has 3 unspecified atom stereocenters. The number of amides is 1. The van der Waals surface area contributed by atoms with Gasteiger partial charge in [-0.3, -0.25) is 9.69 Å². The monoisotopic (exact) mass is 518 g/mol. The molecule has 0 spiro atoms. The molecular weight excluding hydrogens is 483 g/mol. The lowest BCUT2D eigenvalue weighted by Gasteiger charge is -2.32. The van der Waals surface area contributed by atoms with Crippen LogP contribution in [0, 0.1) is 0 Å². The predicted octanol–water partition coefficient (Wildman–Crippen LogP) is 2.50. The zero-order valence-corrected chi connectivity index (χ0v) is 21.6. The number of β-amino-alcohol motifs (C(OH)–C–C–N with tert-alkyl or cyclic N) is 1. The van der Waals surface area contributed by atoms with Crippen LogP contribution in [0.3, 0.4) is 0 Å². The summed E-state index contributed by atoms with van der Waals surface area (Å²) in [5.74, 6) is 0.487. The van der Waals surface area contributed by atoms with Crippen LogP contribution in [-0.2, 0) is 13.0 Å². The third-order valence-corrected chi connectivity index (χ3v) is 7.35. The number of rotatable bonds is 6. The number of carbonyl (C=O) groups is 1. The van der Waals surface area contributed by atoms with Crippen LogP contribution >= 0.6 is 12.4 Å². The maximum Gasteiger partial charge on any atom is 0.256 e. The summed E-state index contributed by atoms with van der Waals surface area (Å²) in [6, 6.07) is 13.8. The first-order chi connectivity index (χ1) is 17.0. The summed E-state index contributed by atoms with van der Waals surface area (Å²) in [5, 5.41) is 13.9. The minimum atomic E-state index is -1.05. The fraction of sp³-hybridized carbons (Fsp3) is 0.519. The largest absolute Gasteiger partial charge is 0.487 e. The number of hydrogen-bond donors (Lipinski definition) is 2. The molecule has 1 amide bonds. The first-order valence-electron chi connectivity index (χ1n) is 12.6. The van der Waals surface area contributed by atoms with Gasteiger partial charge in [0.25, 0.3) is 5.91 Å². The van der Waals surface area contributed by atoms with E-state index in [1.54, 1.807) is 17.0 Å². The van der Waals surface area contributed by atoms with Crippen LogP contribution in [0.4, 0.5) is 10.1 Å². The van der Waals surface area contributed by atoms with E-state index in [-0.39, 0.29) is 18.3 Å². The Bertz CT molecular complexity index is 1060. The molecule has 2 aromatic rings. The highest BCUT2D eigenvalue weighted by Gasteiger charge is 2.30. The number of aliphatic hydroxyl groups excluding tert-OH is 1. The second-order valence-corrected chi connectivity index (χ2v) is 9.92. The molecule has 0 radical (unpaired) electrons. The third-order valence-electron chi connectivity index (χ3n) is 7.35. The summed E-state index contributed by atoms with van der Waals surface area (Å²) >= 11 is 0. The van der Waals surface area contributed by atoms with Gasteiger partial charge in [0, 0.05) is 58.9 Å². The summed E-state index contributed by atoms with van der Waals surface area (Å²) in [6.07, 6.45) is -0.558. The van der Waals surface area contributed by atoms with E-state index in [4.69, 9.17) is 4.74 Å². The molecule has 196 valence electrons. The molecule has 0 saturated carbocycles. The van der Waals surface area contributed by atoms with Crippen molar-refractivity contribution in [3.05, 3.63) is 59.2 Å². The molecule has 5 rings (SSSR count). The van der Waals surface area contributed by atoms with Gasteiger partial charge in [-0.25, -0.2) is 4.39 Å². The summed E-state index contributed by atoms with van der Waals surface area (Å²) < 4.78 is 20.2. The molecule has 2 N–H and O–H groups in total. The van der Waals surface area contributed by atoms with Crippen LogP contribution < -0.4 is 15.0 Å². The second kappa shape index (κ2) is 11.8. The number of piperidine rings is 1. The van der Waals surface area contributed by atoms with Crippen LogP contribution in [0.2, 0.25) is 0 Å². The fourth-order valence-electron chi connectivity index (χ4n) is 5.34. The van der Waals surface area contributed by atoms with Crippen LogP contribution in [0.1, 0.15) is 27.9 Å². The number of nitrogens with zero attached hydrogens (tertiary/aromatic N) is 3. The molecule has 1 saturated heterocycles. The minimum absolute atomic E-state index is 0. The zero-order valence-electron chi connectivity index (χ0n) is 20.7. The number of hydrogen-bond acceptors (Lipinski definition) is 6. The number of carbonyl (C=O) groups excluding carboxylic acids is 1. The van der Waals surface area contributed by atoms with Crippen molar-refractivity contribution in [3.8, 4) is 5.75 Å². The normalized spacial score (nSPS) is 23.2. The number of aliphatic hydroxyl groups is 1. The molecule has 3 atom stereocenters.